The van der Waals surface area contributed by atoms with Crippen molar-refractivity contribution in [1.29, 1.82) is 0 Å². The fourth-order valence-electron chi connectivity index (χ4n) is 1.93. The second-order valence-electron chi connectivity index (χ2n) is 4.25. The molecule has 0 spiro atoms. The molecule has 1 aliphatic heterocycles. The topological polar surface area (TPSA) is 29.1 Å². The quantitative estimate of drug-likeness (QED) is 0.838. The molecule has 17 heavy (non-hydrogen) atoms. The van der Waals surface area contributed by atoms with Gasteiger partial charge in [0.25, 0.3) is 5.91 Å². The lowest BCUT2D eigenvalue weighted by Crippen LogP contribution is -2.31. The number of nitrogens with one attached hydrogen (secondary N) is 1. The zero-order chi connectivity index (χ0) is 12.1. The highest BCUT2D eigenvalue weighted by Crippen LogP contribution is 2.22. The summed E-state index contributed by atoms with van der Waals surface area (Å²) in [6, 6.07) is 7.71. The van der Waals surface area contributed by atoms with E-state index < -0.39 is 0 Å². The van der Waals surface area contributed by atoms with Gasteiger partial charge in [0.05, 0.1) is 5.56 Å². The van der Waals surface area contributed by atoms with Crippen LogP contribution in [0.25, 0.3) is 0 Å². The average Bonchev–Trinajstić information content (AvgIpc) is 2.38. The highest BCUT2D eigenvalue weighted by Gasteiger charge is 2.15. The summed E-state index contributed by atoms with van der Waals surface area (Å²) in [7, 11) is 0. The van der Waals surface area contributed by atoms with Gasteiger partial charge in [-0.15, -0.1) is 0 Å². The third kappa shape index (κ3) is 3.88. The first-order valence-electron chi connectivity index (χ1n) is 5.88. The Balaban J connectivity index is 1.87. The lowest BCUT2D eigenvalue weighted by molar-refractivity contribution is 0.0945. The molecule has 0 radical (unpaired) electrons. The number of carbonyl (C=O) groups is 1. The van der Waals surface area contributed by atoms with Gasteiger partial charge in [-0.3, -0.25) is 4.79 Å². The van der Waals surface area contributed by atoms with Gasteiger partial charge in [0.2, 0.25) is 0 Å². The largest absolute Gasteiger partial charge is 0.352 e. The third-order valence-electron chi connectivity index (χ3n) is 3.01. The van der Waals surface area contributed by atoms with Crippen LogP contribution < -0.4 is 5.32 Å². The smallest absolute Gasteiger partial charge is 0.252 e. The molecular weight excluding hydrogens is 345 g/mol. The standard InChI is InChI=1S/C13H16INOS/c14-12-4-2-1-3-11(12)13(16)15-9-10-5-7-17-8-6-10/h1-4,10H,5-9H2,(H,15,16). The first-order valence-corrected chi connectivity index (χ1v) is 8.11. The molecule has 4 heteroatoms. The number of halogens is 1. The van der Waals surface area contributed by atoms with Crippen LogP contribution in [0.5, 0.6) is 0 Å². The van der Waals surface area contributed by atoms with Gasteiger partial charge in [-0.1, -0.05) is 12.1 Å². The lowest BCUT2D eigenvalue weighted by atomic mass is 10.0. The molecule has 1 aliphatic rings. The summed E-state index contributed by atoms with van der Waals surface area (Å²) in [5, 5.41) is 3.06. The predicted octanol–water partition coefficient (Wildman–Crippen LogP) is 3.16. The Morgan fingerprint density at radius 2 is 2.06 bits per heavy atom. The van der Waals surface area contributed by atoms with Crippen molar-refractivity contribution >= 4 is 40.3 Å². The molecule has 0 saturated carbocycles. The minimum Gasteiger partial charge on any atom is -0.352 e. The number of thioether (sulfide) groups is 1. The average molecular weight is 361 g/mol. The van der Waals surface area contributed by atoms with Crippen LogP contribution >= 0.6 is 34.4 Å². The fraction of sp³-hybridized carbons (Fsp3) is 0.462. The molecule has 1 fully saturated rings. The Labute approximate surface area is 120 Å². The van der Waals surface area contributed by atoms with Crippen LogP contribution in [-0.2, 0) is 0 Å². The minimum atomic E-state index is 0.0632. The molecule has 1 N–H and O–H groups in total. The number of amides is 1. The molecule has 2 rings (SSSR count). The van der Waals surface area contributed by atoms with Crippen LogP contribution in [-0.4, -0.2) is 24.0 Å². The molecule has 0 aliphatic carbocycles. The molecule has 0 atom stereocenters. The Hall–Kier alpha value is -0.230. The maximum atomic E-state index is 12.0. The SMILES string of the molecule is O=C(NCC1CCSCC1)c1ccccc1I. The maximum absolute atomic E-state index is 12.0. The van der Waals surface area contributed by atoms with Gasteiger partial charge in [0, 0.05) is 10.1 Å². The number of benzene rings is 1. The molecule has 0 aromatic heterocycles. The Morgan fingerprint density at radius 1 is 1.35 bits per heavy atom. The molecule has 1 saturated heterocycles. The van der Waals surface area contributed by atoms with E-state index in [0.29, 0.717) is 5.92 Å². The second-order valence-corrected chi connectivity index (χ2v) is 6.63. The van der Waals surface area contributed by atoms with E-state index in [1.807, 2.05) is 36.0 Å². The first-order chi connectivity index (χ1) is 8.27. The molecule has 1 aromatic carbocycles. The number of hydrogen-bond donors (Lipinski definition) is 1. The van der Waals surface area contributed by atoms with Crippen molar-refractivity contribution in [3.05, 3.63) is 33.4 Å². The van der Waals surface area contributed by atoms with E-state index in [9.17, 15) is 4.79 Å². The monoisotopic (exact) mass is 361 g/mol. The highest BCUT2D eigenvalue weighted by atomic mass is 127. The third-order valence-corrected chi connectivity index (χ3v) is 5.00. The molecule has 0 unspecified atom stereocenters. The van der Waals surface area contributed by atoms with Crippen molar-refractivity contribution in [2.24, 2.45) is 5.92 Å². The summed E-state index contributed by atoms with van der Waals surface area (Å²) in [6.07, 6.45) is 2.47. The van der Waals surface area contributed by atoms with E-state index >= 15 is 0 Å². The van der Waals surface area contributed by atoms with Crippen LogP contribution in [0.2, 0.25) is 0 Å². The summed E-state index contributed by atoms with van der Waals surface area (Å²) >= 11 is 4.22. The van der Waals surface area contributed by atoms with Crippen molar-refractivity contribution < 1.29 is 4.79 Å². The van der Waals surface area contributed by atoms with Crippen molar-refractivity contribution in [2.45, 2.75) is 12.8 Å². The Bertz CT molecular complexity index is 391. The van der Waals surface area contributed by atoms with E-state index in [2.05, 4.69) is 27.9 Å². The van der Waals surface area contributed by atoms with Crippen molar-refractivity contribution in [3.8, 4) is 0 Å². The van der Waals surface area contributed by atoms with Crippen molar-refractivity contribution in [3.63, 3.8) is 0 Å². The minimum absolute atomic E-state index is 0.0632. The molecule has 2 nitrogen and oxygen atoms in total. The highest BCUT2D eigenvalue weighted by molar-refractivity contribution is 14.1. The maximum Gasteiger partial charge on any atom is 0.252 e. The fourth-order valence-corrected chi connectivity index (χ4v) is 3.76. The van der Waals surface area contributed by atoms with Gasteiger partial charge in [0.1, 0.15) is 0 Å². The van der Waals surface area contributed by atoms with Crippen LogP contribution in [0.4, 0.5) is 0 Å². The summed E-state index contributed by atoms with van der Waals surface area (Å²) in [5.74, 6) is 3.21. The van der Waals surface area contributed by atoms with Crippen LogP contribution in [0.15, 0.2) is 24.3 Å². The normalized spacial score (nSPS) is 16.8. The van der Waals surface area contributed by atoms with E-state index in [0.717, 1.165) is 15.7 Å². The van der Waals surface area contributed by atoms with Crippen LogP contribution in [0, 0.1) is 9.49 Å². The van der Waals surface area contributed by atoms with E-state index in [1.54, 1.807) is 0 Å². The van der Waals surface area contributed by atoms with Gasteiger partial charge >= 0.3 is 0 Å². The van der Waals surface area contributed by atoms with Crippen molar-refractivity contribution in [1.82, 2.24) is 5.32 Å². The molecule has 92 valence electrons. The molecule has 1 aromatic rings. The molecular formula is C13H16INOS. The van der Waals surface area contributed by atoms with Crippen LogP contribution in [0.1, 0.15) is 23.2 Å². The summed E-state index contributed by atoms with van der Waals surface area (Å²) in [5.41, 5.74) is 0.790. The van der Waals surface area contributed by atoms with Crippen LogP contribution in [0.3, 0.4) is 0 Å². The number of carbonyl (C=O) groups excluding carboxylic acids is 1. The van der Waals surface area contributed by atoms with Gasteiger partial charge in [-0.25, -0.2) is 0 Å². The zero-order valence-corrected chi connectivity index (χ0v) is 12.6. The Morgan fingerprint density at radius 3 is 2.76 bits per heavy atom. The van der Waals surface area contributed by atoms with Gasteiger partial charge in [0.15, 0.2) is 0 Å². The van der Waals surface area contributed by atoms with E-state index in [-0.39, 0.29) is 5.91 Å². The van der Waals surface area contributed by atoms with Gasteiger partial charge < -0.3 is 5.32 Å². The van der Waals surface area contributed by atoms with E-state index in [1.165, 1.54) is 24.3 Å². The summed E-state index contributed by atoms with van der Waals surface area (Å²) < 4.78 is 1.02. The lowest BCUT2D eigenvalue weighted by Gasteiger charge is -2.21. The molecule has 1 heterocycles. The van der Waals surface area contributed by atoms with Crippen molar-refractivity contribution in [2.75, 3.05) is 18.1 Å². The van der Waals surface area contributed by atoms with Gasteiger partial charge in [-0.05, 0) is 65.0 Å². The summed E-state index contributed by atoms with van der Waals surface area (Å²) in [6.45, 7) is 0.824. The molecule has 1 amide bonds. The number of hydrogen-bond acceptors (Lipinski definition) is 2. The summed E-state index contributed by atoms with van der Waals surface area (Å²) in [4.78, 5) is 12.0. The van der Waals surface area contributed by atoms with E-state index in [4.69, 9.17) is 0 Å². The second kappa shape index (κ2) is 6.64. The molecule has 0 bridgehead atoms. The number of rotatable bonds is 3. The first kappa shape index (κ1) is 13.2. The zero-order valence-electron chi connectivity index (χ0n) is 9.62. The predicted molar refractivity (Wildman–Crippen MR) is 81.5 cm³/mol. The Kier molecular flexibility index (Phi) is 5.16. The van der Waals surface area contributed by atoms with Gasteiger partial charge in [-0.2, -0.15) is 11.8 Å².